The molecule has 0 saturated heterocycles. The third-order valence-electron chi connectivity index (χ3n) is 3.05. The van der Waals surface area contributed by atoms with E-state index in [9.17, 15) is 14.4 Å². The van der Waals surface area contributed by atoms with Crippen LogP contribution in [-0.4, -0.2) is 27.1 Å². The number of carbonyl (C=O) groups is 2. The average molecular weight is 277 g/mol. The van der Waals surface area contributed by atoms with E-state index in [-0.39, 0.29) is 12.2 Å². The van der Waals surface area contributed by atoms with Crippen LogP contribution < -0.4 is 11.4 Å². The van der Waals surface area contributed by atoms with Crippen molar-refractivity contribution in [3.63, 3.8) is 0 Å². The number of aromatic nitrogens is 2. The van der Waals surface area contributed by atoms with Crippen molar-refractivity contribution in [3.05, 3.63) is 34.7 Å². The molecule has 0 spiro atoms. The number of primary amides is 1. The fraction of sp³-hybridized carbons (Fsp3) is 0.308. The Balaban J connectivity index is 2.31. The van der Waals surface area contributed by atoms with E-state index in [2.05, 4.69) is 0 Å². The van der Waals surface area contributed by atoms with E-state index in [4.69, 9.17) is 10.5 Å². The summed E-state index contributed by atoms with van der Waals surface area (Å²) in [6.07, 6.45) is -1.02. The molecule has 7 heteroatoms. The fourth-order valence-electron chi connectivity index (χ4n) is 1.94. The molecule has 0 aliphatic heterocycles. The second-order valence-electron chi connectivity index (χ2n) is 4.45. The highest BCUT2D eigenvalue weighted by Gasteiger charge is 2.18. The van der Waals surface area contributed by atoms with E-state index >= 15 is 0 Å². The number of hydrogen-bond acceptors (Lipinski definition) is 4. The van der Waals surface area contributed by atoms with Crippen LogP contribution in [0.3, 0.4) is 0 Å². The smallest absolute Gasteiger partial charge is 0.329 e. The number of esters is 1. The van der Waals surface area contributed by atoms with Gasteiger partial charge in [0, 0.05) is 7.05 Å². The molecule has 1 aromatic heterocycles. The molecule has 2 aromatic rings. The van der Waals surface area contributed by atoms with Crippen LogP contribution in [0.15, 0.2) is 29.1 Å². The molecule has 1 heterocycles. The molecule has 0 bridgehead atoms. The molecule has 1 atom stereocenters. The molecule has 0 aliphatic carbocycles. The zero-order valence-corrected chi connectivity index (χ0v) is 11.2. The summed E-state index contributed by atoms with van der Waals surface area (Å²) in [5.74, 6) is -1.42. The normalized spacial score (nSPS) is 12.3. The van der Waals surface area contributed by atoms with Crippen LogP contribution in [0.2, 0.25) is 0 Å². The number of amides is 1. The summed E-state index contributed by atoms with van der Waals surface area (Å²) in [5.41, 5.74) is 6.03. The number of para-hydroxylation sites is 2. The summed E-state index contributed by atoms with van der Waals surface area (Å²) in [7, 11) is 1.62. The van der Waals surface area contributed by atoms with Crippen molar-refractivity contribution in [1.29, 1.82) is 0 Å². The Labute approximate surface area is 114 Å². The van der Waals surface area contributed by atoms with E-state index in [1.54, 1.807) is 31.3 Å². The largest absolute Gasteiger partial charge is 0.451 e. The van der Waals surface area contributed by atoms with Crippen LogP contribution in [0.4, 0.5) is 0 Å². The summed E-state index contributed by atoms with van der Waals surface area (Å²) in [6.45, 7) is 1.11. The molecule has 0 fully saturated rings. The number of carbonyl (C=O) groups excluding carboxylic acids is 2. The molecule has 0 saturated carbocycles. The van der Waals surface area contributed by atoms with Crippen molar-refractivity contribution in [2.24, 2.45) is 12.8 Å². The Morgan fingerprint density at radius 1 is 1.30 bits per heavy atom. The molecule has 106 valence electrons. The maximum absolute atomic E-state index is 12.1. The molecule has 7 nitrogen and oxygen atoms in total. The van der Waals surface area contributed by atoms with Crippen LogP contribution in [-0.2, 0) is 27.9 Å². The number of aryl methyl sites for hydroxylation is 1. The Kier molecular flexibility index (Phi) is 3.60. The predicted octanol–water partition coefficient (Wildman–Crippen LogP) is -0.243. The number of ether oxygens (including phenoxy) is 1. The third-order valence-corrected chi connectivity index (χ3v) is 3.05. The lowest BCUT2D eigenvalue weighted by atomic mass is 10.3. The zero-order chi connectivity index (χ0) is 14.9. The average Bonchev–Trinajstić information content (AvgIpc) is 2.64. The van der Waals surface area contributed by atoms with E-state index in [1.807, 2.05) is 0 Å². The van der Waals surface area contributed by atoms with Crippen molar-refractivity contribution < 1.29 is 14.3 Å². The SMILES string of the molecule is C[C@H](OC(=O)Cn1c(=O)n(C)c2ccccc21)C(N)=O. The van der Waals surface area contributed by atoms with Crippen molar-refractivity contribution in [3.8, 4) is 0 Å². The standard InChI is InChI=1S/C13H15N3O4/c1-8(12(14)18)20-11(17)7-16-10-6-4-3-5-9(10)15(2)13(16)19/h3-6,8H,7H2,1-2H3,(H2,14,18)/t8-/m0/s1. The number of rotatable bonds is 4. The first-order chi connectivity index (χ1) is 9.41. The van der Waals surface area contributed by atoms with Gasteiger partial charge in [0.25, 0.3) is 5.91 Å². The highest BCUT2D eigenvalue weighted by Crippen LogP contribution is 2.11. The minimum Gasteiger partial charge on any atom is -0.451 e. The highest BCUT2D eigenvalue weighted by atomic mass is 16.5. The van der Waals surface area contributed by atoms with Crippen LogP contribution in [0.25, 0.3) is 11.0 Å². The number of fused-ring (bicyclic) bond motifs is 1. The van der Waals surface area contributed by atoms with Gasteiger partial charge in [0.1, 0.15) is 6.54 Å². The van der Waals surface area contributed by atoms with Crippen LogP contribution in [0.5, 0.6) is 0 Å². The molecule has 0 unspecified atom stereocenters. The van der Waals surface area contributed by atoms with Gasteiger partial charge in [0.15, 0.2) is 6.10 Å². The first kappa shape index (κ1) is 13.9. The minimum atomic E-state index is -1.02. The van der Waals surface area contributed by atoms with Gasteiger partial charge in [-0.25, -0.2) is 4.79 Å². The van der Waals surface area contributed by atoms with E-state index in [0.29, 0.717) is 11.0 Å². The van der Waals surface area contributed by atoms with Gasteiger partial charge in [-0.1, -0.05) is 12.1 Å². The van der Waals surface area contributed by atoms with E-state index < -0.39 is 18.0 Å². The van der Waals surface area contributed by atoms with E-state index in [0.717, 1.165) is 0 Å². The molecule has 1 aromatic carbocycles. The maximum Gasteiger partial charge on any atom is 0.329 e. The second kappa shape index (κ2) is 5.20. The van der Waals surface area contributed by atoms with Gasteiger partial charge in [0.05, 0.1) is 11.0 Å². The van der Waals surface area contributed by atoms with Crippen LogP contribution >= 0.6 is 0 Å². The third kappa shape index (κ3) is 2.42. The van der Waals surface area contributed by atoms with Crippen molar-refractivity contribution in [2.75, 3.05) is 0 Å². The van der Waals surface area contributed by atoms with Gasteiger partial charge in [-0.05, 0) is 19.1 Å². The van der Waals surface area contributed by atoms with Gasteiger partial charge >= 0.3 is 11.7 Å². The van der Waals surface area contributed by atoms with Gasteiger partial charge in [0.2, 0.25) is 0 Å². The molecule has 20 heavy (non-hydrogen) atoms. The second-order valence-corrected chi connectivity index (χ2v) is 4.45. The Morgan fingerprint density at radius 3 is 2.50 bits per heavy atom. The summed E-state index contributed by atoms with van der Waals surface area (Å²) < 4.78 is 7.59. The summed E-state index contributed by atoms with van der Waals surface area (Å²) >= 11 is 0. The number of benzene rings is 1. The zero-order valence-electron chi connectivity index (χ0n) is 11.2. The van der Waals surface area contributed by atoms with Gasteiger partial charge in [-0.3, -0.25) is 18.7 Å². The highest BCUT2D eigenvalue weighted by molar-refractivity contribution is 5.83. The lowest BCUT2D eigenvalue weighted by Crippen LogP contribution is -2.33. The molecule has 0 radical (unpaired) electrons. The lowest BCUT2D eigenvalue weighted by Gasteiger charge is -2.09. The first-order valence-electron chi connectivity index (χ1n) is 6.05. The van der Waals surface area contributed by atoms with E-state index in [1.165, 1.54) is 16.1 Å². The Morgan fingerprint density at radius 2 is 1.90 bits per heavy atom. The number of imidazole rings is 1. The minimum absolute atomic E-state index is 0.266. The Bertz CT molecular complexity index is 729. The van der Waals surface area contributed by atoms with Crippen molar-refractivity contribution in [1.82, 2.24) is 9.13 Å². The molecule has 2 N–H and O–H groups in total. The van der Waals surface area contributed by atoms with Gasteiger partial charge in [-0.2, -0.15) is 0 Å². The number of nitrogens with zero attached hydrogens (tertiary/aromatic N) is 2. The fourth-order valence-corrected chi connectivity index (χ4v) is 1.94. The summed E-state index contributed by atoms with van der Waals surface area (Å²) in [4.78, 5) is 34.6. The van der Waals surface area contributed by atoms with Gasteiger partial charge in [-0.15, -0.1) is 0 Å². The monoisotopic (exact) mass is 277 g/mol. The number of hydrogen-bond donors (Lipinski definition) is 1. The molecular weight excluding hydrogens is 262 g/mol. The van der Waals surface area contributed by atoms with Crippen LogP contribution in [0.1, 0.15) is 6.92 Å². The van der Waals surface area contributed by atoms with Gasteiger partial charge < -0.3 is 10.5 Å². The summed E-state index contributed by atoms with van der Waals surface area (Å²) in [6, 6.07) is 7.10. The van der Waals surface area contributed by atoms with Crippen molar-refractivity contribution in [2.45, 2.75) is 19.6 Å². The first-order valence-corrected chi connectivity index (χ1v) is 6.05. The quantitative estimate of drug-likeness (QED) is 0.780. The Hall–Kier alpha value is -2.57. The molecular formula is C13H15N3O4. The summed E-state index contributed by atoms with van der Waals surface area (Å²) in [5, 5.41) is 0. The molecule has 1 amide bonds. The number of nitrogens with two attached hydrogens (primary N) is 1. The topological polar surface area (TPSA) is 96.3 Å². The predicted molar refractivity (Wildman–Crippen MR) is 71.9 cm³/mol. The van der Waals surface area contributed by atoms with Crippen LogP contribution in [0, 0.1) is 0 Å². The molecule has 0 aliphatic rings. The maximum atomic E-state index is 12.1. The molecule has 2 rings (SSSR count). The van der Waals surface area contributed by atoms with Crippen molar-refractivity contribution >= 4 is 22.9 Å². The lowest BCUT2D eigenvalue weighted by molar-refractivity contribution is -0.154.